The fraction of sp³-hybridized carbons (Fsp3) is 0.529. The third kappa shape index (κ3) is 2.56. The number of piperidine rings is 1. The number of amides is 1. The molecular formula is C17H21FN2O3. The van der Waals surface area contributed by atoms with Crippen molar-refractivity contribution in [3.63, 3.8) is 0 Å². The Labute approximate surface area is 134 Å². The molecule has 0 saturated carbocycles. The molecule has 1 spiro atoms. The second-order valence-corrected chi connectivity index (χ2v) is 6.44. The predicted octanol–water partition coefficient (Wildman–Crippen LogP) is 1.62. The number of carbonyl (C=O) groups is 2. The summed E-state index contributed by atoms with van der Waals surface area (Å²) < 4.78 is 13.7. The largest absolute Gasteiger partial charge is 0.343 e. The van der Waals surface area contributed by atoms with Crippen molar-refractivity contribution in [1.82, 2.24) is 10.4 Å². The lowest BCUT2D eigenvalue weighted by Crippen LogP contribution is -2.54. The van der Waals surface area contributed by atoms with Crippen molar-refractivity contribution in [2.24, 2.45) is 0 Å². The lowest BCUT2D eigenvalue weighted by atomic mass is 9.80. The van der Waals surface area contributed by atoms with Crippen LogP contribution in [0.15, 0.2) is 12.1 Å². The van der Waals surface area contributed by atoms with Crippen LogP contribution >= 0.6 is 0 Å². The highest BCUT2D eigenvalue weighted by atomic mass is 19.1. The summed E-state index contributed by atoms with van der Waals surface area (Å²) in [6.45, 7) is 4.56. The van der Waals surface area contributed by atoms with Crippen LogP contribution in [0.3, 0.4) is 0 Å². The minimum Gasteiger partial charge on any atom is -0.343 e. The van der Waals surface area contributed by atoms with Gasteiger partial charge in [-0.15, -0.1) is 0 Å². The molecule has 6 heteroatoms. The highest BCUT2D eigenvalue weighted by Gasteiger charge is 2.54. The van der Waals surface area contributed by atoms with Crippen LogP contribution in [0.2, 0.25) is 0 Å². The van der Waals surface area contributed by atoms with E-state index in [0.29, 0.717) is 42.6 Å². The lowest BCUT2D eigenvalue weighted by Gasteiger charge is -2.36. The van der Waals surface area contributed by atoms with Gasteiger partial charge in [-0.25, -0.2) is 4.39 Å². The van der Waals surface area contributed by atoms with E-state index in [9.17, 15) is 14.0 Å². The van der Waals surface area contributed by atoms with Crippen LogP contribution in [0.4, 0.5) is 4.39 Å². The van der Waals surface area contributed by atoms with Gasteiger partial charge in [0.15, 0.2) is 5.78 Å². The van der Waals surface area contributed by atoms with Crippen LogP contribution in [0.25, 0.3) is 0 Å². The highest BCUT2D eigenvalue weighted by molar-refractivity contribution is 6.17. The normalized spacial score (nSPS) is 24.3. The molecule has 2 fully saturated rings. The maximum absolute atomic E-state index is 13.7. The number of aryl methyl sites for hydroxylation is 2. The summed E-state index contributed by atoms with van der Waals surface area (Å²) in [6, 6.07) is 3.01. The lowest BCUT2D eigenvalue weighted by molar-refractivity contribution is -0.157. The van der Waals surface area contributed by atoms with Crippen LogP contribution < -0.4 is 5.32 Å². The summed E-state index contributed by atoms with van der Waals surface area (Å²) in [5.41, 5.74) is 0.873. The van der Waals surface area contributed by atoms with Crippen LogP contribution in [0.5, 0.6) is 0 Å². The number of Topliss-reactive ketones (excluding diaryl/α,β-unsaturated/α-hetero) is 1. The number of nitrogens with zero attached hydrogens (tertiary/aromatic N) is 1. The zero-order chi connectivity index (χ0) is 16.8. The van der Waals surface area contributed by atoms with E-state index in [1.807, 2.05) is 0 Å². The van der Waals surface area contributed by atoms with Crippen molar-refractivity contribution < 1.29 is 18.8 Å². The summed E-state index contributed by atoms with van der Waals surface area (Å²) in [5.74, 6) is -1.55. The Bertz CT molecular complexity index is 666. The van der Waals surface area contributed by atoms with Crippen LogP contribution in [0, 0.1) is 19.7 Å². The van der Waals surface area contributed by atoms with Gasteiger partial charge in [0.25, 0.3) is 0 Å². The summed E-state index contributed by atoms with van der Waals surface area (Å²) in [5, 5.41) is 4.69. The first-order chi connectivity index (χ1) is 10.9. The van der Waals surface area contributed by atoms with E-state index in [-0.39, 0.29) is 17.5 Å². The number of hydroxylamine groups is 2. The first-order valence-corrected chi connectivity index (χ1v) is 7.80. The molecule has 2 aliphatic rings. The number of benzene rings is 1. The third-order valence-corrected chi connectivity index (χ3v) is 5.05. The monoisotopic (exact) mass is 320 g/mol. The van der Waals surface area contributed by atoms with E-state index < -0.39 is 11.5 Å². The molecule has 1 amide bonds. The Morgan fingerprint density at radius 1 is 1.22 bits per heavy atom. The van der Waals surface area contributed by atoms with Crippen molar-refractivity contribution in [1.29, 1.82) is 0 Å². The van der Waals surface area contributed by atoms with Crippen molar-refractivity contribution in [2.75, 3.05) is 20.2 Å². The molecule has 1 aromatic rings. The number of hydrogen-bond donors (Lipinski definition) is 1. The fourth-order valence-electron chi connectivity index (χ4n) is 3.58. The molecule has 0 bridgehead atoms. The maximum atomic E-state index is 13.7. The Morgan fingerprint density at radius 3 is 2.48 bits per heavy atom. The van der Waals surface area contributed by atoms with Gasteiger partial charge < -0.3 is 10.2 Å². The number of nitrogens with one attached hydrogen (secondary N) is 1. The molecule has 1 unspecified atom stereocenters. The average molecular weight is 320 g/mol. The van der Waals surface area contributed by atoms with Gasteiger partial charge in [0.05, 0.1) is 7.11 Å². The number of halogens is 1. The molecule has 1 atom stereocenters. The topological polar surface area (TPSA) is 58.6 Å². The van der Waals surface area contributed by atoms with Gasteiger partial charge in [-0.1, -0.05) is 6.07 Å². The molecule has 2 saturated heterocycles. The summed E-state index contributed by atoms with van der Waals surface area (Å²) >= 11 is 0. The first-order valence-electron chi connectivity index (χ1n) is 7.80. The molecule has 1 N–H and O–H groups in total. The Morgan fingerprint density at radius 2 is 1.87 bits per heavy atom. The van der Waals surface area contributed by atoms with Crippen LogP contribution in [-0.4, -0.2) is 42.5 Å². The number of hydrogen-bond acceptors (Lipinski definition) is 4. The molecule has 0 aromatic heterocycles. The Hall–Kier alpha value is -1.79. The van der Waals surface area contributed by atoms with Crippen molar-refractivity contribution in [3.05, 3.63) is 34.6 Å². The standard InChI is InChI=1S/C17H21FN2O3/c1-10-9-13(18)11(2)8-12(10)14-15(21)17(19-16(14)22)4-6-20(23-3)7-5-17/h8-9,14H,4-7H2,1-3H3,(H,19,22). The molecule has 2 aliphatic heterocycles. The Balaban J connectivity index is 1.92. The second-order valence-electron chi connectivity index (χ2n) is 6.44. The van der Waals surface area contributed by atoms with Crippen LogP contribution in [0.1, 0.15) is 35.4 Å². The summed E-state index contributed by atoms with van der Waals surface area (Å²) in [6.07, 6.45) is 1.06. The van der Waals surface area contributed by atoms with Gasteiger partial charge >= 0.3 is 0 Å². The van der Waals surface area contributed by atoms with Gasteiger partial charge in [-0.3, -0.25) is 9.59 Å². The molecular weight excluding hydrogens is 299 g/mol. The number of rotatable bonds is 2. The van der Waals surface area contributed by atoms with Crippen LogP contribution in [-0.2, 0) is 14.4 Å². The zero-order valence-electron chi connectivity index (χ0n) is 13.6. The van der Waals surface area contributed by atoms with Crippen molar-refractivity contribution in [2.45, 2.75) is 38.1 Å². The van der Waals surface area contributed by atoms with Crippen molar-refractivity contribution in [3.8, 4) is 0 Å². The predicted molar refractivity (Wildman–Crippen MR) is 82.3 cm³/mol. The van der Waals surface area contributed by atoms with E-state index in [1.54, 1.807) is 32.1 Å². The van der Waals surface area contributed by atoms with E-state index in [2.05, 4.69) is 5.32 Å². The van der Waals surface area contributed by atoms with Gasteiger partial charge in [-0.05, 0) is 49.4 Å². The quantitative estimate of drug-likeness (QED) is 0.841. The third-order valence-electron chi connectivity index (χ3n) is 5.05. The molecule has 5 nitrogen and oxygen atoms in total. The average Bonchev–Trinajstić information content (AvgIpc) is 2.75. The van der Waals surface area contributed by atoms with E-state index in [1.165, 1.54) is 6.07 Å². The zero-order valence-corrected chi connectivity index (χ0v) is 13.6. The minimum absolute atomic E-state index is 0.104. The molecule has 2 heterocycles. The van der Waals surface area contributed by atoms with Gasteiger partial charge in [0, 0.05) is 13.1 Å². The molecule has 124 valence electrons. The fourth-order valence-corrected chi connectivity index (χ4v) is 3.58. The second kappa shape index (κ2) is 5.69. The number of carbonyl (C=O) groups excluding carboxylic acids is 2. The van der Waals surface area contributed by atoms with E-state index in [4.69, 9.17) is 4.84 Å². The maximum Gasteiger partial charge on any atom is 0.235 e. The minimum atomic E-state index is -0.844. The summed E-state index contributed by atoms with van der Waals surface area (Å²) in [7, 11) is 1.60. The molecule has 23 heavy (non-hydrogen) atoms. The smallest absolute Gasteiger partial charge is 0.235 e. The molecule has 1 aromatic carbocycles. The highest BCUT2D eigenvalue weighted by Crippen LogP contribution is 2.37. The van der Waals surface area contributed by atoms with Gasteiger partial charge in [-0.2, -0.15) is 5.06 Å². The van der Waals surface area contributed by atoms with E-state index >= 15 is 0 Å². The van der Waals surface area contributed by atoms with Crippen molar-refractivity contribution >= 4 is 11.7 Å². The molecule has 3 rings (SSSR count). The van der Waals surface area contributed by atoms with E-state index in [0.717, 1.165) is 0 Å². The van der Waals surface area contributed by atoms with Gasteiger partial charge in [0.2, 0.25) is 5.91 Å². The molecule has 0 aliphatic carbocycles. The summed E-state index contributed by atoms with van der Waals surface area (Å²) in [4.78, 5) is 30.7. The van der Waals surface area contributed by atoms with Gasteiger partial charge in [0.1, 0.15) is 17.3 Å². The Kier molecular flexibility index (Phi) is 3.98. The molecule has 0 radical (unpaired) electrons. The first kappa shape index (κ1) is 16.1. The SMILES string of the molecule is CON1CCC2(CC1)NC(=O)C(c1cc(C)c(F)cc1C)C2=O. The number of ketones is 1.